The first-order chi connectivity index (χ1) is 13.7. The molecular weight excluding hydrogens is 356 g/mol. The van der Waals surface area contributed by atoms with Crippen molar-refractivity contribution in [1.29, 1.82) is 0 Å². The third kappa shape index (κ3) is 3.67. The fourth-order valence-electron chi connectivity index (χ4n) is 2.84. The molecule has 0 saturated heterocycles. The topological polar surface area (TPSA) is 105 Å². The van der Waals surface area contributed by atoms with Crippen LogP contribution in [0.5, 0.6) is 0 Å². The largest absolute Gasteiger partial charge is 0.378 e. The number of anilines is 1. The molecule has 0 radical (unpaired) electrons. The predicted molar refractivity (Wildman–Crippen MR) is 104 cm³/mol. The Balaban J connectivity index is 1.49. The summed E-state index contributed by atoms with van der Waals surface area (Å²) < 4.78 is 1.76. The number of hydrogen-bond acceptors (Lipinski definition) is 6. The molecule has 0 spiro atoms. The molecule has 4 aromatic rings. The van der Waals surface area contributed by atoms with Crippen LogP contribution in [0, 0.1) is 0 Å². The Bertz CT molecular complexity index is 1080. The van der Waals surface area contributed by atoms with Gasteiger partial charge in [-0.25, -0.2) is 14.6 Å². The molecule has 1 amide bonds. The zero-order valence-electron chi connectivity index (χ0n) is 14.9. The van der Waals surface area contributed by atoms with Crippen molar-refractivity contribution < 1.29 is 9.90 Å². The third-order valence-electron chi connectivity index (χ3n) is 4.28. The maximum absolute atomic E-state index is 12.2. The zero-order valence-corrected chi connectivity index (χ0v) is 14.9. The molecule has 1 unspecified atom stereocenters. The number of aromatic nitrogens is 4. The highest BCUT2D eigenvalue weighted by Crippen LogP contribution is 2.19. The van der Waals surface area contributed by atoms with E-state index in [2.05, 4.69) is 25.9 Å². The number of carbonyl (C=O) groups excluding carboxylic acids is 1. The van der Waals surface area contributed by atoms with Gasteiger partial charge in [-0.3, -0.25) is 15.6 Å². The highest BCUT2D eigenvalue weighted by Gasteiger charge is 2.17. The van der Waals surface area contributed by atoms with Crippen LogP contribution in [-0.4, -0.2) is 30.8 Å². The van der Waals surface area contributed by atoms with E-state index in [4.69, 9.17) is 0 Å². The molecule has 0 aliphatic carbocycles. The lowest BCUT2D eigenvalue weighted by molar-refractivity contribution is -0.129. The van der Waals surface area contributed by atoms with Crippen molar-refractivity contribution in [1.82, 2.24) is 25.2 Å². The smallest absolute Gasteiger partial charge is 0.271 e. The summed E-state index contributed by atoms with van der Waals surface area (Å²) in [6, 6.07) is 18.6. The van der Waals surface area contributed by atoms with Crippen molar-refractivity contribution in [2.24, 2.45) is 0 Å². The van der Waals surface area contributed by atoms with E-state index in [1.54, 1.807) is 35.1 Å². The van der Waals surface area contributed by atoms with E-state index in [1.165, 1.54) is 6.33 Å². The van der Waals surface area contributed by atoms with Crippen LogP contribution in [0.1, 0.15) is 17.2 Å². The van der Waals surface area contributed by atoms with Gasteiger partial charge in [0.15, 0.2) is 17.6 Å². The molecule has 140 valence electrons. The first-order valence-corrected chi connectivity index (χ1v) is 8.71. The van der Waals surface area contributed by atoms with Crippen molar-refractivity contribution in [3.63, 3.8) is 0 Å². The van der Waals surface area contributed by atoms with Crippen LogP contribution in [0.3, 0.4) is 0 Å². The number of aliphatic hydroxyl groups excluding tert-OH is 1. The van der Waals surface area contributed by atoms with E-state index >= 15 is 0 Å². The van der Waals surface area contributed by atoms with Crippen molar-refractivity contribution >= 4 is 22.8 Å². The summed E-state index contributed by atoms with van der Waals surface area (Å²) in [5.74, 6) is -0.187. The van der Waals surface area contributed by atoms with Gasteiger partial charge >= 0.3 is 0 Å². The molecule has 2 aromatic carbocycles. The SMILES string of the molecule is O=C(NNc1ncnc2c1cnn2Cc1ccccc1)C(O)c1ccccc1. The number of aliphatic hydroxyl groups is 1. The molecule has 0 aliphatic rings. The van der Waals surface area contributed by atoms with Crippen LogP contribution in [0.15, 0.2) is 73.2 Å². The average molecular weight is 374 g/mol. The number of hydrazine groups is 1. The molecule has 2 aromatic heterocycles. The lowest BCUT2D eigenvalue weighted by atomic mass is 10.1. The number of amides is 1. The minimum absolute atomic E-state index is 0.401. The fraction of sp³-hybridized carbons (Fsp3) is 0.100. The lowest BCUT2D eigenvalue weighted by Crippen LogP contribution is -2.34. The van der Waals surface area contributed by atoms with E-state index in [1.807, 2.05) is 36.4 Å². The molecule has 28 heavy (non-hydrogen) atoms. The fourth-order valence-corrected chi connectivity index (χ4v) is 2.84. The molecule has 1 atom stereocenters. The minimum Gasteiger partial charge on any atom is -0.378 e. The van der Waals surface area contributed by atoms with Crippen LogP contribution in [0.2, 0.25) is 0 Å². The van der Waals surface area contributed by atoms with Crippen molar-refractivity contribution in [2.75, 3.05) is 5.43 Å². The van der Waals surface area contributed by atoms with Gasteiger partial charge in [-0.05, 0) is 11.1 Å². The number of rotatable bonds is 6. The van der Waals surface area contributed by atoms with E-state index in [-0.39, 0.29) is 0 Å². The standard InChI is InChI=1S/C20H18N6O2/c27-17(15-9-5-2-6-10-15)20(28)25-24-18-16-11-23-26(19(16)22-13-21-18)12-14-7-3-1-4-8-14/h1-11,13,17,27H,12H2,(H,25,28)(H,21,22,24). The summed E-state index contributed by atoms with van der Waals surface area (Å²) in [4.78, 5) is 20.7. The van der Waals surface area contributed by atoms with Gasteiger partial charge in [-0.1, -0.05) is 60.7 Å². The minimum atomic E-state index is -1.29. The number of nitrogens with one attached hydrogen (secondary N) is 2. The first kappa shape index (κ1) is 17.6. The molecule has 4 rings (SSSR count). The maximum atomic E-state index is 12.2. The van der Waals surface area contributed by atoms with E-state index in [9.17, 15) is 9.90 Å². The predicted octanol–water partition coefficient (Wildman–Crippen LogP) is 2.05. The molecular formula is C20H18N6O2. The number of carbonyl (C=O) groups is 1. The zero-order chi connectivity index (χ0) is 19.3. The third-order valence-corrected chi connectivity index (χ3v) is 4.28. The Morgan fingerprint density at radius 3 is 2.50 bits per heavy atom. The van der Waals surface area contributed by atoms with Gasteiger partial charge in [-0.15, -0.1) is 0 Å². The van der Waals surface area contributed by atoms with Crippen molar-refractivity contribution in [3.05, 3.63) is 84.3 Å². The molecule has 0 fully saturated rings. The Labute approximate surface area is 160 Å². The van der Waals surface area contributed by atoms with Crippen LogP contribution >= 0.6 is 0 Å². The molecule has 0 saturated carbocycles. The first-order valence-electron chi connectivity index (χ1n) is 8.71. The van der Waals surface area contributed by atoms with Crippen molar-refractivity contribution in [3.8, 4) is 0 Å². The Hall–Kier alpha value is -3.78. The van der Waals surface area contributed by atoms with Crippen molar-refractivity contribution in [2.45, 2.75) is 12.6 Å². The summed E-state index contributed by atoms with van der Waals surface area (Å²) in [7, 11) is 0. The highest BCUT2D eigenvalue weighted by atomic mass is 16.3. The summed E-state index contributed by atoms with van der Waals surface area (Å²) in [5, 5.41) is 15.2. The summed E-state index contributed by atoms with van der Waals surface area (Å²) >= 11 is 0. The second-order valence-electron chi connectivity index (χ2n) is 6.17. The van der Waals surface area contributed by atoms with Gasteiger partial charge in [-0.2, -0.15) is 5.10 Å². The van der Waals surface area contributed by atoms with Gasteiger partial charge in [0.2, 0.25) is 0 Å². The second kappa shape index (κ2) is 7.85. The van der Waals surface area contributed by atoms with E-state index in [0.717, 1.165) is 5.56 Å². The Kier molecular flexibility index (Phi) is 4.94. The highest BCUT2D eigenvalue weighted by molar-refractivity contribution is 5.88. The van der Waals surface area contributed by atoms with Gasteiger partial charge in [0.05, 0.1) is 18.1 Å². The van der Waals surface area contributed by atoms with Gasteiger partial charge in [0.25, 0.3) is 5.91 Å². The molecule has 3 N–H and O–H groups in total. The average Bonchev–Trinajstić information content (AvgIpc) is 3.16. The maximum Gasteiger partial charge on any atom is 0.271 e. The summed E-state index contributed by atoms with van der Waals surface area (Å²) in [5.41, 5.74) is 7.47. The molecule has 0 bridgehead atoms. The van der Waals surface area contributed by atoms with E-state index < -0.39 is 12.0 Å². The second-order valence-corrected chi connectivity index (χ2v) is 6.17. The van der Waals surface area contributed by atoms with Gasteiger partial charge in [0, 0.05) is 0 Å². The van der Waals surface area contributed by atoms with E-state index in [0.29, 0.717) is 29.0 Å². The van der Waals surface area contributed by atoms with Gasteiger partial charge < -0.3 is 5.11 Å². The number of fused-ring (bicyclic) bond motifs is 1. The summed E-state index contributed by atoms with van der Waals surface area (Å²) in [6.07, 6.45) is 1.75. The number of nitrogens with zero attached hydrogens (tertiary/aromatic N) is 4. The molecule has 8 nitrogen and oxygen atoms in total. The van der Waals surface area contributed by atoms with Crippen LogP contribution in [0.25, 0.3) is 11.0 Å². The summed E-state index contributed by atoms with van der Waals surface area (Å²) in [6.45, 7) is 0.569. The molecule has 8 heteroatoms. The normalized spacial score (nSPS) is 11.9. The molecule has 2 heterocycles. The van der Waals surface area contributed by atoms with Gasteiger partial charge in [0.1, 0.15) is 6.33 Å². The Morgan fingerprint density at radius 1 is 1.04 bits per heavy atom. The monoisotopic (exact) mass is 374 g/mol. The lowest BCUT2D eigenvalue weighted by Gasteiger charge is -2.13. The number of hydrogen-bond donors (Lipinski definition) is 3. The quantitative estimate of drug-likeness (QED) is 0.446. The molecule has 0 aliphatic heterocycles. The Morgan fingerprint density at radius 2 is 1.75 bits per heavy atom. The van der Waals surface area contributed by atoms with Crippen LogP contribution in [0.4, 0.5) is 5.82 Å². The number of benzene rings is 2. The van der Waals surface area contributed by atoms with Crippen LogP contribution in [-0.2, 0) is 11.3 Å². The van der Waals surface area contributed by atoms with Crippen LogP contribution < -0.4 is 10.9 Å².